The molecular formula is C15H9ClN4O. The second-order valence-corrected chi connectivity index (χ2v) is 4.90. The Labute approximate surface area is 124 Å². The number of hydrogen-bond donors (Lipinski definition) is 0. The molecule has 0 bridgehead atoms. The van der Waals surface area contributed by atoms with Crippen molar-refractivity contribution in [1.29, 1.82) is 0 Å². The maximum Gasteiger partial charge on any atom is 0.253 e. The average molecular weight is 297 g/mol. The fourth-order valence-corrected chi connectivity index (χ4v) is 2.27. The minimum Gasteiger partial charge on any atom is -0.461 e. The molecule has 0 spiro atoms. The van der Waals surface area contributed by atoms with E-state index in [1.807, 2.05) is 36.4 Å². The molecule has 0 N–H and O–H groups in total. The lowest BCUT2D eigenvalue weighted by atomic mass is 10.1. The largest absolute Gasteiger partial charge is 0.461 e. The van der Waals surface area contributed by atoms with Crippen molar-refractivity contribution in [3.63, 3.8) is 0 Å². The molecule has 0 radical (unpaired) electrons. The van der Waals surface area contributed by atoms with Crippen molar-refractivity contribution in [2.75, 3.05) is 0 Å². The third-order valence-corrected chi connectivity index (χ3v) is 3.37. The Hall–Kier alpha value is -2.66. The Morgan fingerprint density at radius 2 is 1.90 bits per heavy atom. The van der Waals surface area contributed by atoms with Crippen molar-refractivity contribution in [3.8, 4) is 22.8 Å². The van der Waals surface area contributed by atoms with Gasteiger partial charge in [-0.05, 0) is 30.3 Å². The molecule has 0 atom stereocenters. The van der Waals surface area contributed by atoms with Gasteiger partial charge in [0.05, 0.1) is 12.0 Å². The van der Waals surface area contributed by atoms with E-state index in [0.29, 0.717) is 22.4 Å². The van der Waals surface area contributed by atoms with E-state index in [9.17, 15) is 0 Å². The highest BCUT2D eigenvalue weighted by molar-refractivity contribution is 6.30. The number of hydrogen-bond acceptors (Lipinski definition) is 4. The molecule has 102 valence electrons. The van der Waals surface area contributed by atoms with Gasteiger partial charge in [-0.2, -0.15) is 9.50 Å². The average Bonchev–Trinajstić information content (AvgIpc) is 3.16. The summed E-state index contributed by atoms with van der Waals surface area (Å²) in [7, 11) is 0. The molecule has 0 saturated carbocycles. The highest BCUT2D eigenvalue weighted by Gasteiger charge is 2.12. The van der Waals surface area contributed by atoms with Crippen molar-refractivity contribution in [1.82, 2.24) is 19.6 Å². The monoisotopic (exact) mass is 296 g/mol. The van der Waals surface area contributed by atoms with E-state index in [2.05, 4.69) is 15.1 Å². The van der Waals surface area contributed by atoms with Gasteiger partial charge in [-0.25, -0.2) is 4.98 Å². The van der Waals surface area contributed by atoms with Crippen LogP contribution in [-0.4, -0.2) is 19.6 Å². The number of fused-ring (bicyclic) bond motifs is 1. The third kappa shape index (κ3) is 2.08. The van der Waals surface area contributed by atoms with Gasteiger partial charge in [-0.3, -0.25) is 0 Å². The Morgan fingerprint density at radius 3 is 2.67 bits per heavy atom. The molecule has 0 aliphatic rings. The standard InChI is InChI=1S/C15H9ClN4O/c16-11-5-3-10(4-6-11)12-7-8-17-15-18-14(19-20(12)15)13-2-1-9-21-13/h1-9H. The lowest BCUT2D eigenvalue weighted by Gasteiger charge is -2.03. The fourth-order valence-electron chi connectivity index (χ4n) is 2.14. The summed E-state index contributed by atoms with van der Waals surface area (Å²) in [5.74, 6) is 1.64. The summed E-state index contributed by atoms with van der Waals surface area (Å²) in [5.41, 5.74) is 1.88. The minimum absolute atomic E-state index is 0.508. The molecule has 0 amide bonds. The van der Waals surface area contributed by atoms with Gasteiger partial charge in [0.2, 0.25) is 5.82 Å². The molecule has 5 nitrogen and oxygen atoms in total. The highest BCUT2D eigenvalue weighted by atomic mass is 35.5. The SMILES string of the molecule is Clc1ccc(-c2ccnc3nc(-c4ccco4)nn23)cc1. The summed E-state index contributed by atoms with van der Waals surface area (Å²) in [6.45, 7) is 0. The third-order valence-electron chi connectivity index (χ3n) is 3.12. The second kappa shape index (κ2) is 4.71. The smallest absolute Gasteiger partial charge is 0.253 e. The summed E-state index contributed by atoms with van der Waals surface area (Å²) in [5, 5.41) is 5.16. The molecule has 0 aliphatic carbocycles. The zero-order chi connectivity index (χ0) is 14.2. The van der Waals surface area contributed by atoms with Crippen LogP contribution in [-0.2, 0) is 0 Å². The van der Waals surface area contributed by atoms with E-state index in [-0.39, 0.29) is 0 Å². The molecule has 0 saturated heterocycles. The van der Waals surface area contributed by atoms with Gasteiger partial charge in [0.1, 0.15) is 0 Å². The van der Waals surface area contributed by atoms with Gasteiger partial charge in [0.25, 0.3) is 5.78 Å². The van der Waals surface area contributed by atoms with Crippen LogP contribution in [0, 0.1) is 0 Å². The van der Waals surface area contributed by atoms with Crippen LogP contribution in [0.5, 0.6) is 0 Å². The Bertz CT molecular complexity index is 897. The number of rotatable bonds is 2. The van der Waals surface area contributed by atoms with Gasteiger partial charge in [0.15, 0.2) is 5.76 Å². The van der Waals surface area contributed by atoms with Crippen molar-refractivity contribution in [3.05, 3.63) is 59.9 Å². The van der Waals surface area contributed by atoms with E-state index in [1.165, 1.54) is 0 Å². The molecule has 0 fully saturated rings. The van der Waals surface area contributed by atoms with Crippen molar-refractivity contribution < 1.29 is 4.42 Å². The maximum atomic E-state index is 5.93. The normalized spacial score (nSPS) is 11.1. The van der Waals surface area contributed by atoms with E-state index < -0.39 is 0 Å². The number of aromatic nitrogens is 4. The van der Waals surface area contributed by atoms with Gasteiger partial charge < -0.3 is 4.42 Å². The predicted molar refractivity (Wildman–Crippen MR) is 78.9 cm³/mol. The number of halogens is 1. The first kappa shape index (κ1) is 12.1. The number of benzene rings is 1. The first-order chi connectivity index (χ1) is 10.3. The van der Waals surface area contributed by atoms with Crippen LogP contribution in [0.25, 0.3) is 28.6 Å². The highest BCUT2D eigenvalue weighted by Crippen LogP contribution is 2.23. The van der Waals surface area contributed by atoms with E-state index in [4.69, 9.17) is 16.0 Å². The summed E-state index contributed by atoms with van der Waals surface area (Å²) in [6, 6.07) is 13.1. The zero-order valence-electron chi connectivity index (χ0n) is 10.8. The maximum absolute atomic E-state index is 5.93. The van der Waals surface area contributed by atoms with Crippen molar-refractivity contribution in [2.24, 2.45) is 0 Å². The van der Waals surface area contributed by atoms with Crippen LogP contribution in [0.3, 0.4) is 0 Å². The van der Waals surface area contributed by atoms with Crippen LogP contribution < -0.4 is 0 Å². The molecule has 0 unspecified atom stereocenters. The van der Waals surface area contributed by atoms with Crippen LogP contribution in [0.1, 0.15) is 0 Å². The van der Waals surface area contributed by atoms with Gasteiger partial charge >= 0.3 is 0 Å². The molecule has 3 aromatic heterocycles. The first-order valence-corrected chi connectivity index (χ1v) is 6.71. The number of furan rings is 1. The Kier molecular flexibility index (Phi) is 2.72. The number of nitrogens with zero attached hydrogens (tertiary/aromatic N) is 4. The lowest BCUT2D eigenvalue weighted by Crippen LogP contribution is -1.95. The lowest BCUT2D eigenvalue weighted by molar-refractivity contribution is 0.577. The van der Waals surface area contributed by atoms with Crippen LogP contribution >= 0.6 is 11.6 Å². The van der Waals surface area contributed by atoms with Crippen LogP contribution in [0.4, 0.5) is 0 Å². The summed E-state index contributed by atoms with van der Waals surface area (Å²) < 4.78 is 7.02. The topological polar surface area (TPSA) is 56.2 Å². The molecule has 4 aromatic rings. The molecule has 0 aliphatic heterocycles. The van der Waals surface area contributed by atoms with Crippen molar-refractivity contribution >= 4 is 17.4 Å². The van der Waals surface area contributed by atoms with Crippen LogP contribution in [0.15, 0.2) is 59.3 Å². The van der Waals surface area contributed by atoms with E-state index in [1.54, 1.807) is 23.0 Å². The molecule has 1 aromatic carbocycles. The van der Waals surface area contributed by atoms with Gasteiger partial charge in [0, 0.05) is 16.8 Å². The first-order valence-electron chi connectivity index (χ1n) is 6.33. The molecule has 4 rings (SSSR count). The Balaban J connectivity index is 1.92. The van der Waals surface area contributed by atoms with E-state index in [0.717, 1.165) is 11.3 Å². The van der Waals surface area contributed by atoms with E-state index >= 15 is 0 Å². The summed E-state index contributed by atoms with van der Waals surface area (Å²) in [6.07, 6.45) is 3.30. The molecule has 6 heteroatoms. The molecule has 21 heavy (non-hydrogen) atoms. The zero-order valence-corrected chi connectivity index (χ0v) is 11.5. The minimum atomic E-state index is 0.508. The second-order valence-electron chi connectivity index (χ2n) is 4.46. The molecule has 3 heterocycles. The van der Waals surface area contributed by atoms with Crippen molar-refractivity contribution in [2.45, 2.75) is 0 Å². The van der Waals surface area contributed by atoms with Gasteiger partial charge in [-0.1, -0.05) is 23.7 Å². The van der Waals surface area contributed by atoms with Crippen LogP contribution in [0.2, 0.25) is 5.02 Å². The quantitative estimate of drug-likeness (QED) is 0.566. The summed E-state index contributed by atoms with van der Waals surface area (Å²) in [4.78, 5) is 8.62. The predicted octanol–water partition coefficient (Wildman–Crippen LogP) is 3.70. The Morgan fingerprint density at radius 1 is 1.05 bits per heavy atom. The van der Waals surface area contributed by atoms with Gasteiger partial charge in [-0.15, -0.1) is 5.10 Å². The fraction of sp³-hybridized carbons (Fsp3) is 0. The summed E-state index contributed by atoms with van der Waals surface area (Å²) >= 11 is 5.93. The molecular weight excluding hydrogens is 288 g/mol.